The van der Waals surface area contributed by atoms with Crippen molar-refractivity contribution < 1.29 is 21.5 Å². The highest BCUT2D eigenvalue weighted by molar-refractivity contribution is 5.33. The molecule has 2 rings (SSSR count). The number of nitrogens with zero attached hydrogens (tertiary/aromatic N) is 2. The van der Waals surface area contributed by atoms with E-state index < -0.39 is 0 Å². The van der Waals surface area contributed by atoms with Gasteiger partial charge in [0.05, 0.1) is 6.54 Å². The summed E-state index contributed by atoms with van der Waals surface area (Å²) in [5.74, 6) is 2.63. The molecule has 1 aromatic carbocycles. The Labute approximate surface area is 125 Å². The average molecular weight is 319 g/mol. The fraction of sp³-hybridized carbons (Fsp3) is 0.312. The van der Waals surface area contributed by atoms with Gasteiger partial charge in [0.25, 0.3) is 0 Å². The predicted molar refractivity (Wildman–Crippen MR) is 73.0 cm³/mol. The molecule has 0 fully saturated rings. The van der Waals surface area contributed by atoms with E-state index >= 15 is 0 Å². The minimum atomic E-state index is 0. The first kappa shape index (κ1) is 15.5. The topological polar surface area (TPSA) is 8.81 Å². The zero-order valence-corrected chi connectivity index (χ0v) is 12.8. The molecule has 3 heteroatoms. The van der Waals surface area contributed by atoms with Crippen LogP contribution in [0.4, 0.5) is 0 Å². The van der Waals surface area contributed by atoms with Gasteiger partial charge in [0.15, 0.2) is 0 Å². The van der Waals surface area contributed by atoms with Crippen LogP contribution in [-0.4, -0.2) is 4.57 Å². The third-order valence-corrected chi connectivity index (χ3v) is 3.00. The van der Waals surface area contributed by atoms with Gasteiger partial charge < -0.3 is 17.0 Å². The Morgan fingerprint density at radius 1 is 1.26 bits per heavy atom. The van der Waals surface area contributed by atoms with Gasteiger partial charge in [-0.15, -0.1) is 6.42 Å². The Hall–Kier alpha value is -1.53. The first-order chi connectivity index (χ1) is 8.81. The summed E-state index contributed by atoms with van der Waals surface area (Å²) in [6, 6.07) is 8.16. The molecule has 100 valence electrons. The third-order valence-electron chi connectivity index (χ3n) is 3.00. The van der Waals surface area contributed by atoms with Gasteiger partial charge in [-0.25, -0.2) is 9.13 Å². The Kier molecular flexibility index (Phi) is 6.38. The maximum absolute atomic E-state index is 5.34. The molecule has 1 heterocycles. The van der Waals surface area contributed by atoms with Crippen LogP contribution in [0.1, 0.15) is 30.9 Å². The van der Waals surface area contributed by atoms with Crippen LogP contribution >= 0.6 is 0 Å². The molecule has 0 radical (unpaired) electrons. The van der Waals surface area contributed by atoms with E-state index in [1.54, 1.807) is 0 Å². The number of halogens is 1. The minimum absolute atomic E-state index is 0. The van der Waals surface area contributed by atoms with Crippen molar-refractivity contribution in [2.45, 2.75) is 32.9 Å². The Morgan fingerprint density at radius 2 is 2.00 bits per heavy atom. The first-order valence-electron chi connectivity index (χ1n) is 6.42. The Balaban J connectivity index is 0.00000180. The molecule has 0 aliphatic rings. The molecule has 0 saturated heterocycles. The number of rotatable bonds is 5. The Morgan fingerprint density at radius 3 is 2.63 bits per heavy atom. The highest BCUT2D eigenvalue weighted by atomic mass is 79.9. The van der Waals surface area contributed by atoms with E-state index in [0.717, 1.165) is 18.7 Å². The highest BCUT2D eigenvalue weighted by Gasteiger charge is 2.04. The summed E-state index contributed by atoms with van der Waals surface area (Å²) in [4.78, 5) is 0. The second-order valence-corrected chi connectivity index (χ2v) is 4.52. The van der Waals surface area contributed by atoms with Gasteiger partial charge in [-0.1, -0.05) is 31.4 Å². The zero-order chi connectivity index (χ0) is 12.8. The predicted octanol–water partition coefficient (Wildman–Crippen LogP) is -0.391. The van der Waals surface area contributed by atoms with Crippen LogP contribution in [0.2, 0.25) is 0 Å². The van der Waals surface area contributed by atoms with Crippen molar-refractivity contribution in [2.75, 3.05) is 0 Å². The standard InChI is InChI=1S/C16H19N2.BrH/c1-3-5-10-17-11-12-18(14-17)13-16-8-6-15(4-2)7-9-16;/h2,6-9,11-12,14H,3,5,10,13H2,1H3;1H/q+1;/p-1. The molecule has 0 aliphatic carbocycles. The largest absolute Gasteiger partial charge is 1.00 e. The van der Waals surface area contributed by atoms with Gasteiger partial charge in [-0.05, 0) is 24.1 Å². The van der Waals surface area contributed by atoms with Crippen molar-refractivity contribution in [1.82, 2.24) is 4.57 Å². The molecule has 0 aliphatic heterocycles. The molecule has 0 atom stereocenters. The van der Waals surface area contributed by atoms with Crippen LogP contribution < -0.4 is 21.5 Å². The van der Waals surface area contributed by atoms with E-state index in [1.807, 2.05) is 12.1 Å². The minimum Gasteiger partial charge on any atom is -1.00 e. The summed E-state index contributed by atoms with van der Waals surface area (Å²) >= 11 is 0. The van der Waals surface area contributed by atoms with Gasteiger partial charge in [0.1, 0.15) is 18.9 Å². The van der Waals surface area contributed by atoms with Gasteiger partial charge in [0.2, 0.25) is 6.33 Å². The van der Waals surface area contributed by atoms with Crippen molar-refractivity contribution in [2.24, 2.45) is 0 Å². The lowest BCUT2D eigenvalue weighted by Gasteiger charge is -1.98. The van der Waals surface area contributed by atoms with Gasteiger partial charge in [-0.2, -0.15) is 0 Å². The zero-order valence-electron chi connectivity index (χ0n) is 11.2. The van der Waals surface area contributed by atoms with E-state index in [1.165, 1.54) is 18.4 Å². The van der Waals surface area contributed by atoms with Crippen molar-refractivity contribution in [3.8, 4) is 12.3 Å². The Bertz CT molecular complexity index is 535. The SMILES string of the molecule is C#Cc1ccc(C[n+]2ccn(CCCC)c2)cc1.[Br-]. The summed E-state index contributed by atoms with van der Waals surface area (Å²) in [5, 5.41) is 0. The number of benzene rings is 1. The molecule has 0 saturated carbocycles. The molecule has 0 N–H and O–H groups in total. The van der Waals surface area contributed by atoms with E-state index in [-0.39, 0.29) is 17.0 Å². The monoisotopic (exact) mass is 318 g/mol. The van der Waals surface area contributed by atoms with Gasteiger partial charge in [0, 0.05) is 5.56 Å². The molecule has 2 aromatic rings. The maximum Gasteiger partial charge on any atom is 0.244 e. The summed E-state index contributed by atoms with van der Waals surface area (Å²) < 4.78 is 4.43. The fourth-order valence-electron chi connectivity index (χ4n) is 1.92. The van der Waals surface area contributed by atoms with E-state index in [0.29, 0.717) is 0 Å². The lowest BCUT2D eigenvalue weighted by atomic mass is 10.1. The van der Waals surface area contributed by atoms with Crippen LogP contribution in [0.5, 0.6) is 0 Å². The lowest BCUT2D eigenvalue weighted by molar-refractivity contribution is -0.687. The van der Waals surface area contributed by atoms with Crippen LogP contribution in [0.15, 0.2) is 43.0 Å². The molecule has 19 heavy (non-hydrogen) atoms. The first-order valence-corrected chi connectivity index (χ1v) is 6.42. The number of aromatic nitrogens is 2. The van der Waals surface area contributed by atoms with Gasteiger partial charge >= 0.3 is 0 Å². The third kappa shape index (κ3) is 4.57. The summed E-state index contributed by atoms with van der Waals surface area (Å²) in [6.07, 6.45) is 14.2. The number of imidazole rings is 1. The fourth-order valence-corrected chi connectivity index (χ4v) is 1.92. The number of unbranched alkanes of at least 4 members (excludes halogenated alkanes) is 1. The van der Waals surface area contributed by atoms with Crippen LogP contribution in [0.25, 0.3) is 0 Å². The second-order valence-electron chi connectivity index (χ2n) is 4.52. The van der Waals surface area contributed by atoms with Crippen molar-refractivity contribution in [3.63, 3.8) is 0 Å². The summed E-state index contributed by atoms with van der Waals surface area (Å²) in [5.41, 5.74) is 2.21. The number of terminal acetylenes is 1. The van der Waals surface area contributed by atoms with Crippen LogP contribution in [0, 0.1) is 12.3 Å². The lowest BCUT2D eigenvalue weighted by Crippen LogP contribution is -3.00. The normalized spacial score (nSPS) is 9.68. The van der Waals surface area contributed by atoms with Crippen LogP contribution in [0.3, 0.4) is 0 Å². The maximum atomic E-state index is 5.34. The quantitative estimate of drug-likeness (QED) is 0.524. The average Bonchev–Trinajstić information content (AvgIpc) is 2.85. The smallest absolute Gasteiger partial charge is 0.244 e. The van der Waals surface area contributed by atoms with E-state index in [4.69, 9.17) is 6.42 Å². The number of hydrogen-bond donors (Lipinski definition) is 0. The van der Waals surface area contributed by atoms with Crippen molar-refractivity contribution >= 4 is 0 Å². The summed E-state index contributed by atoms with van der Waals surface area (Å²) in [6.45, 7) is 4.20. The van der Waals surface area contributed by atoms with Crippen LogP contribution in [-0.2, 0) is 13.1 Å². The highest BCUT2D eigenvalue weighted by Crippen LogP contribution is 2.03. The van der Waals surface area contributed by atoms with Gasteiger partial charge in [-0.3, -0.25) is 0 Å². The molecule has 1 aromatic heterocycles. The molecule has 2 nitrogen and oxygen atoms in total. The molecule has 0 bridgehead atoms. The van der Waals surface area contributed by atoms with Crippen molar-refractivity contribution in [3.05, 3.63) is 54.1 Å². The molecular formula is C16H19BrN2. The van der Waals surface area contributed by atoms with E-state index in [2.05, 4.69) is 52.8 Å². The molecule has 0 spiro atoms. The van der Waals surface area contributed by atoms with E-state index in [9.17, 15) is 0 Å². The number of aryl methyl sites for hydroxylation is 1. The molecule has 0 unspecified atom stereocenters. The summed E-state index contributed by atoms with van der Waals surface area (Å²) in [7, 11) is 0. The number of hydrogen-bond acceptors (Lipinski definition) is 0. The van der Waals surface area contributed by atoms with Crippen molar-refractivity contribution in [1.29, 1.82) is 0 Å². The second kappa shape index (κ2) is 7.81. The molecule has 0 amide bonds. The molecular weight excluding hydrogens is 300 g/mol.